The van der Waals surface area contributed by atoms with Gasteiger partial charge >= 0.3 is 6.03 Å². The first kappa shape index (κ1) is 25.7. The highest BCUT2D eigenvalue weighted by atomic mass is 16.2. The van der Waals surface area contributed by atoms with Crippen LogP contribution in [0.15, 0.2) is 24.3 Å². The molecule has 2 rings (SSSR count). The SMILES string of the molecule is Cc1ccccc1C(=O)NC(C(=O)NC(C)C(C)C)C1CCN(C(=O)NC(C)(C)C)CC1. The van der Waals surface area contributed by atoms with Gasteiger partial charge < -0.3 is 20.9 Å². The van der Waals surface area contributed by atoms with Crippen molar-refractivity contribution in [1.29, 1.82) is 0 Å². The molecule has 1 aromatic carbocycles. The number of nitrogens with one attached hydrogen (secondary N) is 3. The van der Waals surface area contributed by atoms with E-state index in [0.29, 0.717) is 31.5 Å². The molecule has 2 unspecified atom stereocenters. The molecule has 0 radical (unpaired) electrons. The Balaban J connectivity index is 2.13. The molecule has 1 saturated heterocycles. The number of rotatable bonds is 6. The quantitative estimate of drug-likeness (QED) is 0.627. The van der Waals surface area contributed by atoms with E-state index < -0.39 is 6.04 Å². The molecule has 4 amide bonds. The normalized spacial score (nSPS) is 16.9. The second-order valence-electron chi connectivity index (χ2n) is 10.3. The van der Waals surface area contributed by atoms with Crippen molar-refractivity contribution in [2.75, 3.05) is 13.1 Å². The lowest BCUT2D eigenvalue weighted by molar-refractivity contribution is -0.125. The maximum absolute atomic E-state index is 13.2. The summed E-state index contributed by atoms with van der Waals surface area (Å²) in [6, 6.07) is 6.64. The molecule has 0 saturated carbocycles. The number of carbonyl (C=O) groups excluding carboxylic acids is 3. The fourth-order valence-electron chi connectivity index (χ4n) is 3.76. The number of benzene rings is 1. The average Bonchev–Trinajstić information content (AvgIpc) is 2.70. The summed E-state index contributed by atoms with van der Waals surface area (Å²) in [5.74, 6) is -0.158. The lowest BCUT2D eigenvalue weighted by Gasteiger charge is -2.37. The van der Waals surface area contributed by atoms with Crippen molar-refractivity contribution in [2.45, 2.75) is 78.9 Å². The Hall–Kier alpha value is -2.57. The predicted octanol–water partition coefficient (Wildman–Crippen LogP) is 3.47. The van der Waals surface area contributed by atoms with Crippen LogP contribution in [-0.2, 0) is 4.79 Å². The Morgan fingerprint density at radius 2 is 1.59 bits per heavy atom. The van der Waals surface area contributed by atoms with Crippen LogP contribution in [0.1, 0.15) is 70.3 Å². The zero-order chi connectivity index (χ0) is 24.1. The second-order valence-corrected chi connectivity index (χ2v) is 10.3. The lowest BCUT2D eigenvalue weighted by Crippen LogP contribution is -2.57. The lowest BCUT2D eigenvalue weighted by atomic mass is 9.88. The van der Waals surface area contributed by atoms with E-state index >= 15 is 0 Å². The van der Waals surface area contributed by atoms with Crippen LogP contribution in [0, 0.1) is 18.8 Å². The molecular weight excluding hydrogens is 404 g/mol. The van der Waals surface area contributed by atoms with Crippen LogP contribution in [0.2, 0.25) is 0 Å². The van der Waals surface area contributed by atoms with Crippen molar-refractivity contribution in [1.82, 2.24) is 20.9 Å². The maximum Gasteiger partial charge on any atom is 0.317 e. The molecule has 0 spiro atoms. The minimum atomic E-state index is -0.642. The van der Waals surface area contributed by atoms with Crippen molar-refractivity contribution >= 4 is 17.8 Å². The fraction of sp³-hybridized carbons (Fsp3) is 0.640. The Morgan fingerprint density at radius 3 is 2.12 bits per heavy atom. The zero-order valence-corrected chi connectivity index (χ0v) is 20.6. The number of likely N-dealkylation sites (tertiary alicyclic amines) is 1. The summed E-state index contributed by atoms with van der Waals surface area (Å²) in [4.78, 5) is 40.5. The molecule has 32 heavy (non-hydrogen) atoms. The van der Waals surface area contributed by atoms with Gasteiger partial charge in [-0.3, -0.25) is 9.59 Å². The molecule has 178 valence electrons. The van der Waals surface area contributed by atoms with Crippen molar-refractivity contribution in [3.05, 3.63) is 35.4 Å². The number of aryl methyl sites for hydroxylation is 1. The Bertz CT molecular complexity index is 808. The molecule has 0 aromatic heterocycles. The van der Waals surface area contributed by atoms with Crippen molar-refractivity contribution < 1.29 is 14.4 Å². The van der Waals surface area contributed by atoms with E-state index in [9.17, 15) is 14.4 Å². The van der Waals surface area contributed by atoms with Crippen LogP contribution in [0.4, 0.5) is 4.79 Å². The smallest absolute Gasteiger partial charge is 0.317 e. The van der Waals surface area contributed by atoms with Gasteiger partial charge in [0.05, 0.1) is 0 Å². The van der Waals surface area contributed by atoms with Gasteiger partial charge in [-0.15, -0.1) is 0 Å². The van der Waals surface area contributed by atoms with E-state index in [1.54, 1.807) is 11.0 Å². The summed E-state index contributed by atoms with van der Waals surface area (Å²) in [5, 5.41) is 9.06. The molecule has 1 aromatic rings. The molecular formula is C25H40N4O3. The zero-order valence-electron chi connectivity index (χ0n) is 20.6. The molecule has 1 fully saturated rings. The summed E-state index contributed by atoms with van der Waals surface area (Å²) in [7, 11) is 0. The first-order chi connectivity index (χ1) is 14.9. The summed E-state index contributed by atoms with van der Waals surface area (Å²) in [6.07, 6.45) is 1.31. The summed E-state index contributed by atoms with van der Waals surface area (Å²) < 4.78 is 0. The van der Waals surface area contributed by atoms with Crippen LogP contribution < -0.4 is 16.0 Å². The van der Waals surface area contributed by atoms with Gasteiger partial charge in [-0.1, -0.05) is 32.0 Å². The number of carbonyl (C=O) groups is 3. The molecule has 1 aliphatic heterocycles. The summed E-state index contributed by atoms with van der Waals surface area (Å²) in [6.45, 7) is 14.9. The van der Waals surface area contributed by atoms with E-state index in [2.05, 4.69) is 29.8 Å². The number of amides is 4. The molecule has 1 aliphatic rings. The van der Waals surface area contributed by atoms with Gasteiger partial charge in [-0.25, -0.2) is 4.79 Å². The number of hydrogen-bond acceptors (Lipinski definition) is 3. The van der Waals surface area contributed by atoms with Crippen molar-refractivity contribution in [3.8, 4) is 0 Å². The molecule has 7 nitrogen and oxygen atoms in total. The van der Waals surface area contributed by atoms with Gasteiger partial charge in [0, 0.05) is 30.2 Å². The number of hydrogen-bond donors (Lipinski definition) is 3. The van der Waals surface area contributed by atoms with E-state index in [-0.39, 0.29) is 41.3 Å². The van der Waals surface area contributed by atoms with E-state index in [0.717, 1.165) is 5.56 Å². The molecule has 7 heteroatoms. The van der Waals surface area contributed by atoms with Crippen molar-refractivity contribution in [2.24, 2.45) is 11.8 Å². The van der Waals surface area contributed by atoms with Gasteiger partial charge in [0.25, 0.3) is 5.91 Å². The average molecular weight is 445 g/mol. The first-order valence-electron chi connectivity index (χ1n) is 11.6. The summed E-state index contributed by atoms with van der Waals surface area (Å²) in [5.41, 5.74) is 1.14. The van der Waals surface area contributed by atoms with E-state index in [4.69, 9.17) is 0 Å². The standard InChI is InChI=1S/C25H40N4O3/c1-16(2)18(4)26-23(31)21(27-22(30)20-11-9-8-10-17(20)3)19-12-14-29(15-13-19)24(32)28-25(5,6)7/h8-11,16,18-19,21H,12-15H2,1-7H3,(H,26,31)(H,27,30)(H,28,32). The van der Waals surface area contributed by atoms with Gasteiger partial charge in [0.2, 0.25) is 5.91 Å². The highest BCUT2D eigenvalue weighted by Gasteiger charge is 2.35. The third kappa shape index (κ3) is 7.24. The van der Waals surface area contributed by atoms with Crippen molar-refractivity contribution in [3.63, 3.8) is 0 Å². The number of nitrogens with zero attached hydrogens (tertiary/aromatic N) is 1. The van der Waals surface area contributed by atoms with Crippen LogP contribution in [0.3, 0.4) is 0 Å². The van der Waals surface area contributed by atoms with E-state index in [1.165, 1.54) is 0 Å². The minimum absolute atomic E-state index is 0.00184. The molecule has 0 aliphatic carbocycles. The van der Waals surface area contributed by atoms with Crippen LogP contribution in [0.5, 0.6) is 0 Å². The van der Waals surface area contributed by atoms with Gasteiger partial charge in [-0.2, -0.15) is 0 Å². The minimum Gasteiger partial charge on any atom is -0.352 e. The predicted molar refractivity (Wildman–Crippen MR) is 127 cm³/mol. The van der Waals surface area contributed by atoms with E-state index in [1.807, 2.05) is 52.8 Å². The number of piperidine rings is 1. The first-order valence-corrected chi connectivity index (χ1v) is 11.6. The monoisotopic (exact) mass is 444 g/mol. The Labute approximate surface area is 192 Å². The molecule has 3 N–H and O–H groups in total. The third-order valence-electron chi connectivity index (χ3n) is 6.11. The van der Waals surface area contributed by atoms with Crippen LogP contribution >= 0.6 is 0 Å². The second kappa shape index (κ2) is 10.8. The van der Waals surface area contributed by atoms with Gasteiger partial charge in [0.1, 0.15) is 6.04 Å². The highest BCUT2D eigenvalue weighted by Crippen LogP contribution is 2.23. The van der Waals surface area contributed by atoms with Crippen LogP contribution in [0.25, 0.3) is 0 Å². The third-order valence-corrected chi connectivity index (χ3v) is 6.11. The molecule has 0 bridgehead atoms. The highest BCUT2D eigenvalue weighted by molar-refractivity contribution is 5.98. The Kier molecular flexibility index (Phi) is 8.70. The molecule has 1 heterocycles. The topological polar surface area (TPSA) is 90.5 Å². The molecule has 2 atom stereocenters. The van der Waals surface area contributed by atoms with Gasteiger partial charge in [-0.05, 0) is 70.9 Å². The van der Waals surface area contributed by atoms with Crippen LogP contribution in [-0.4, -0.2) is 53.5 Å². The largest absolute Gasteiger partial charge is 0.352 e. The summed E-state index contributed by atoms with van der Waals surface area (Å²) >= 11 is 0. The maximum atomic E-state index is 13.2. The number of urea groups is 1. The van der Waals surface area contributed by atoms with Gasteiger partial charge in [0.15, 0.2) is 0 Å². The Morgan fingerprint density at radius 1 is 1.00 bits per heavy atom. The fourth-order valence-corrected chi connectivity index (χ4v) is 3.76.